The standard InChI is InChI=1S/C20H22BrClFN5O2/c1-3-4-8-28-20(25-26-27-28)24-11-13-9-15(21)19(18(10-13)29-2)30-12-14-16(22)6-5-7-17(14)23/h5-7,9-10H,3-4,8,11-12H2,1-2H3,(H,24,25,27). The molecule has 3 rings (SSSR count). The van der Waals surface area contributed by atoms with E-state index in [1.807, 2.05) is 12.1 Å². The Labute approximate surface area is 187 Å². The molecule has 1 aromatic heterocycles. The first-order chi connectivity index (χ1) is 14.5. The van der Waals surface area contributed by atoms with E-state index in [0.29, 0.717) is 33.5 Å². The third kappa shape index (κ3) is 5.40. The minimum atomic E-state index is -0.417. The van der Waals surface area contributed by atoms with E-state index in [9.17, 15) is 4.39 Å². The minimum Gasteiger partial charge on any atom is -0.493 e. The lowest BCUT2D eigenvalue weighted by Crippen LogP contribution is -2.09. The van der Waals surface area contributed by atoms with Gasteiger partial charge in [-0.15, -0.1) is 0 Å². The number of tetrazole rings is 1. The van der Waals surface area contributed by atoms with Gasteiger partial charge in [-0.3, -0.25) is 0 Å². The van der Waals surface area contributed by atoms with Gasteiger partial charge >= 0.3 is 0 Å². The fourth-order valence-electron chi connectivity index (χ4n) is 2.80. The van der Waals surface area contributed by atoms with Crippen LogP contribution in [0.1, 0.15) is 30.9 Å². The third-order valence-electron chi connectivity index (χ3n) is 4.42. The number of nitrogens with one attached hydrogen (secondary N) is 1. The van der Waals surface area contributed by atoms with Crippen LogP contribution in [0, 0.1) is 5.82 Å². The second-order valence-corrected chi connectivity index (χ2v) is 7.79. The zero-order valence-corrected chi connectivity index (χ0v) is 19.0. The summed E-state index contributed by atoms with van der Waals surface area (Å²) in [6.45, 7) is 3.33. The topological polar surface area (TPSA) is 74.1 Å². The quantitative estimate of drug-likeness (QED) is 0.413. The van der Waals surface area contributed by atoms with Crippen LogP contribution in [-0.4, -0.2) is 27.3 Å². The molecule has 0 saturated carbocycles. The Bertz CT molecular complexity index is 981. The molecule has 0 aliphatic heterocycles. The number of aromatic nitrogens is 4. The van der Waals surface area contributed by atoms with Gasteiger partial charge in [-0.25, -0.2) is 9.07 Å². The molecular weight excluding hydrogens is 477 g/mol. The molecule has 30 heavy (non-hydrogen) atoms. The van der Waals surface area contributed by atoms with Gasteiger partial charge in [-0.05, 0) is 62.6 Å². The summed E-state index contributed by atoms with van der Waals surface area (Å²) in [4.78, 5) is 0. The minimum absolute atomic E-state index is 0.0235. The Morgan fingerprint density at radius 1 is 1.30 bits per heavy atom. The summed E-state index contributed by atoms with van der Waals surface area (Å²) in [6.07, 6.45) is 2.06. The van der Waals surface area contributed by atoms with E-state index in [1.54, 1.807) is 23.9 Å². The fourth-order valence-corrected chi connectivity index (χ4v) is 3.62. The molecule has 0 unspecified atom stereocenters. The summed E-state index contributed by atoms with van der Waals surface area (Å²) in [6, 6.07) is 8.26. The molecule has 160 valence electrons. The normalized spacial score (nSPS) is 10.8. The first kappa shape index (κ1) is 22.3. The Hall–Kier alpha value is -2.39. The van der Waals surface area contributed by atoms with Gasteiger partial charge in [0.05, 0.1) is 16.6 Å². The van der Waals surface area contributed by atoms with Gasteiger partial charge in [0.25, 0.3) is 0 Å². The predicted molar refractivity (Wildman–Crippen MR) is 116 cm³/mol. The van der Waals surface area contributed by atoms with Crippen molar-refractivity contribution in [3.63, 3.8) is 0 Å². The number of ether oxygens (including phenoxy) is 2. The van der Waals surface area contributed by atoms with Gasteiger partial charge in [-0.1, -0.05) is 36.1 Å². The van der Waals surface area contributed by atoms with Crippen molar-refractivity contribution in [3.05, 3.63) is 56.8 Å². The summed E-state index contributed by atoms with van der Waals surface area (Å²) in [5.74, 6) is 1.17. The number of hydrogen-bond acceptors (Lipinski definition) is 6. The zero-order chi connectivity index (χ0) is 21.5. The first-order valence-corrected chi connectivity index (χ1v) is 10.6. The summed E-state index contributed by atoms with van der Waals surface area (Å²) >= 11 is 9.59. The van der Waals surface area contributed by atoms with Gasteiger partial charge in [-0.2, -0.15) is 0 Å². The molecule has 1 heterocycles. The largest absolute Gasteiger partial charge is 0.493 e. The van der Waals surface area contributed by atoms with Crippen molar-refractivity contribution in [1.82, 2.24) is 20.2 Å². The van der Waals surface area contributed by atoms with Gasteiger partial charge in [0, 0.05) is 18.7 Å². The van der Waals surface area contributed by atoms with E-state index in [2.05, 4.69) is 43.7 Å². The molecule has 0 aliphatic rings. The highest BCUT2D eigenvalue weighted by molar-refractivity contribution is 9.10. The van der Waals surface area contributed by atoms with Crippen molar-refractivity contribution in [1.29, 1.82) is 0 Å². The number of nitrogens with zero attached hydrogens (tertiary/aromatic N) is 4. The van der Waals surface area contributed by atoms with Gasteiger partial charge in [0.15, 0.2) is 11.5 Å². The molecule has 1 N–H and O–H groups in total. The maximum atomic E-state index is 14.0. The van der Waals surface area contributed by atoms with Crippen molar-refractivity contribution >= 4 is 33.5 Å². The zero-order valence-electron chi connectivity index (χ0n) is 16.7. The van der Waals surface area contributed by atoms with E-state index in [1.165, 1.54) is 6.07 Å². The highest BCUT2D eigenvalue weighted by atomic mass is 79.9. The van der Waals surface area contributed by atoms with Crippen LogP contribution in [0.2, 0.25) is 5.02 Å². The van der Waals surface area contributed by atoms with E-state index in [-0.39, 0.29) is 12.2 Å². The van der Waals surface area contributed by atoms with Crippen molar-refractivity contribution in [2.75, 3.05) is 12.4 Å². The molecule has 0 aliphatic carbocycles. The van der Waals surface area contributed by atoms with E-state index < -0.39 is 5.82 Å². The third-order valence-corrected chi connectivity index (χ3v) is 5.36. The molecule has 0 fully saturated rings. The van der Waals surface area contributed by atoms with Gasteiger partial charge in [0.1, 0.15) is 12.4 Å². The molecule has 0 atom stereocenters. The van der Waals surface area contributed by atoms with Crippen LogP contribution >= 0.6 is 27.5 Å². The molecule has 3 aromatic rings. The lowest BCUT2D eigenvalue weighted by atomic mass is 10.2. The van der Waals surface area contributed by atoms with Crippen LogP contribution in [0.15, 0.2) is 34.8 Å². The summed E-state index contributed by atoms with van der Waals surface area (Å²) in [5, 5.41) is 15.3. The number of rotatable bonds is 10. The fraction of sp³-hybridized carbons (Fsp3) is 0.350. The molecule has 0 amide bonds. The Morgan fingerprint density at radius 3 is 2.87 bits per heavy atom. The van der Waals surface area contributed by atoms with Crippen LogP contribution in [-0.2, 0) is 19.7 Å². The maximum Gasteiger partial charge on any atom is 0.243 e. The molecule has 2 aromatic carbocycles. The highest BCUT2D eigenvalue weighted by Gasteiger charge is 2.15. The number of halogens is 3. The second kappa shape index (κ2) is 10.6. The first-order valence-electron chi connectivity index (χ1n) is 9.45. The number of methoxy groups -OCH3 is 1. The van der Waals surface area contributed by atoms with Crippen molar-refractivity contribution in [3.8, 4) is 11.5 Å². The van der Waals surface area contributed by atoms with Crippen LogP contribution in [0.5, 0.6) is 11.5 Å². The Morgan fingerprint density at radius 2 is 2.13 bits per heavy atom. The SMILES string of the molecule is CCCCn1nnnc1NCc1cc(Br)c(OCc2c(F)cccc2Cl)c(OC)c1. The second-order valence-electron chi connectivity index (χ2n) is 6.53. The average molecular weight is 499 g/mol. The van der Waals surface area contributed by atoms with E-state index in [0.717, 1.165) is 24.9 Å². The molecule has 0 radical (unpaired) electrons. The molecule has 7 nitrogen and oxygen atoms in total. The number of hydrogen-bond donors (Lipinski definition) is 1. The van der Waals surface area contributed by atoms with Crippen LogP contribution in [0.3, 0.4) is 0 Å². The number of anilines is 1. The molecule has 0 bridgehead atoms. The number of unbranched alkanes of at least 4 members (excludes halogenated alkanes) is 1. The molecular formula is C20H22BrClFN5O2. The van der Waals surface area contributed by atoms with Crippen LogP contribution in [0.4, 0.5) is 10.3 Å². The van der Waals surface area contributed by atoms with Crippen molar-refractivity contribution in [2.45, 2.75) is 39.5 Å². The molecule has 0 saturated heterocycles. The van der Waals surface area contributed by atoms with Gasteiger partial charge < -0.3 is 14.8 Å². The number of aryl methyl sites for hydroxylation is 1. The Balaban J connectivity index is 1.72. The molecule has 10 heteroatoms. The highest BCUT2D eigenvalue weighted by Crippen LogP contribution is 2.38. The summed E-state index contributed by atoms with van der Waals surface area (Å²) < 4.78 is 27.7. The van der Waals surface area contributed by atoms with E-state index >= 15 is 0 Å². The average Bonchev–Trinajstić information content (AvgIpc) is 3.18. The predicted octanol–water partition coefficient (Wildman–Crippen LogP) is 5.23. The lowest BCUT2D eigenvalue weighted by Gasteiger charge is -2.15. The van der Waals surface area contributed by atoms with Crippen molar-refractivity contribution < 1.29 is 13.9 Å². The van der Waals surface area contributed by atoms with E-state index in [4.69, 9.17) is 21.1 Å². The Kier molecular flexibility index (Phi) is 7.87. The monoisotopic (exact) mass is 497 g/mol. The lowest BCUT2D eigenvalue weighted by molar-refractivity contribution is 0.278. The van der Waals surface area contributed by atoms with Crippen LogP contribution < -0.4 is 14.8 Å². The summed E-state index contributed by atoms with van der Waals surface area (Å²) in [7, 11) is 1.55. The van der Waals surface area contributed by atoms with Crippen molar-refractivity contribution in [2.24, 2.45) is 0 Å². The number of benzene rings is 2. The van der Waals surface area contributed by atoms with Crippen LogP contribution in [0.25, 0.3) is 0 Å². The molecule has 0 spiro atoms. The van der Waals surface area contributed by atoms with Gasteiger partial charge in [0.2, 0.25) is 5.95 Å². The maximum absolute atomic E-state index is 14.0. The smallest absolute Gasteiger partial charge is 0.243 e. The summed E-state index contributed by atoms with van der Waals surface area (Å²) in [5.41, 5.74) is 1.22.